The van der Waals surface area contributed by atoms with E-state index in [2.05, 4.69) is 10.2 Å². The third-order valence-corrected chi connectivity index (χ3v) is 4.63. The number of rotatable bonds is 3. The molecule has 0 aromatic carbocycles. The van der Waals surface area contributed by atoms with Gasteiger partial charge < -0.3 is 11.1 Å². The highest BCUT2D eigenvalue weighted by Gasteiger charge is 2.46. The highest BCUT2D eigenvalue weighted by Crippen LogP contribution is 2.38. The van der Waals surface area contributed by atoms with Gasteiger partial charge in [0, 0.05) is 18.1 Å². The molecule has 2 aliphatic rings. The maximum atomic E-state index is 11.7. The molecular weight excluding hydrogens is 214 g/mol. The third kappa shape index (κ3) is 2.20. The molecule has 0 aromatic heterocycles. The van der Waals surface area contributed by atoms with Crippen molar-refractivity contribution in [3.63, 3.8) is 0 Å². The molecule has 2 heterocycles. The summed E-state index contributed by atoms with van der Waals surface area (Å²) in [6.07, 6.45) is 5.97. The van der Waals surface area contributed by atoms with Crippen molar-refractivity contribution in [1.29, 1.82) is 0 Å². The van der Waals surface area contributed by atoms with Crippen LogP contribution in [-0.2, 0) is 4.79 Å². The van der Waals surface area contributed by atoms with Crippen LogP contribution in [-0.4, -0.2) is 41.5 Å². The normalized spacial score (nSPS) is 34.6. The van der Waals surface area contributed by atoms with E-state index in [1.807, 2.05) is 20.9 Å². The summed E-state index contributed by atoms with van der Waals surface area (Å²) in [6.45, 7) is 3.95. The molecule has 2 rings (SSSR count). The largest absolute Gasteiger partial charge is 0.368 e. The van der Waals surface area contributed by atoms with E-state index in [4.69, 9.17) is 5.73 Å². The zero-order valence-corrected chi connectivity index (χ0v) is 11.2. The van der Waals surface area contributed by atoms with Gasteiger partial charge in [0.05, 0.1) is 5.54 Å². The predicted molar refractivity (Wildman–Crippen MR) is 68.6 cm³/mol. The first kappa shape index (κ1) is 12.8. The minimum absolute atomic E-state index is 0.197. The van der Waals surface area contributed by atoms with Crippen LogP contribution < -0.4 is 11.1 Å². The average Bonchev–Trinajstić information content (AvgIpc) is 2.26. The minimum atomic E-state index is -0.505. The Bertz CT molecular complexity index is 289. The van der Waals surface area contributed by atoms with E-state index in [0.29, 0.717) is 18.1 Å². The topological polar surface area (TPSA) is 58.4 Å². The highest BCUT2D eigenvalue weighted by atomic mass is 16.1. The number of nitrogens with zero attached hydrogens (tertiary/aromatic N) is 1. The summed E-state index contributed by atoms with van der Waals surface area (Å²) in [4.78, 5) is 14.1. The van der Waals surface area contributed by atoms with Crippen LogP contribution >= 0.6 is 0 Å². The maximum absolute atomic E-state index is 11.7. The van der Waals surface area contributed by atoms with E-state index in [0.717, 1.165) is 12.8 Å². The van der Waals surface area contributed by atoms with Gasteiger partial charge in [-0.3, -0.25) is 9.69 Å². The smallest absolute Gasteiger partial charge is 0.237 e. The molecule has 1 amide bonds. The first-order chi connectivity index (χ1) is 7.96. The van der Waals surface area contributed by atoms with Gasteiger partial charge in [-0.2, -0.15) is 0 Å². The molecule has 0 saturated carbocycles. The van der Waals surface area contributed by atoms with Gasteiger partial charge in [-0.05, 0) is 46.6 Å². The van der Waals surface area contributed by atoms with Crippen molar-refractivity contribution in [2.45, 2.75) is 69.6 Å². The van der Waals surface area contributed by atoms with Gasteiger partial charge >= 0.3 is 0 Å². The Morgan fingerprint density at radius 1 is 1.29 bits per heavy atom. The zero-order chi connectivity index (χ0) is 12.6. The lowest BCUT2D eigenvalue weighted by atomic mass is 9.78. The first-order valence-electron chi connectivity index (χ1n) is 6.72. The Hall–Kier alpha value is -0.610. The number of amides is 1. The summed E-state index contributed by atoms with van der Waals surface area (Å²) in [5.41, 5.74) is 5.07. The number of piperidine rings is 2. The molecule has 17 heavy (non-hydrogen) atoms. The van der Waals surface area contributed by atoms with Crippen LogP contribution in [0, 0.1) is 0 Å². The van der Waals surface area contributed by atoms with Gasteiger partial charge in [0.15, 0.2) is 0 Å². The van der Waals surface area contributed by atoms with Gasteiger partial charge in [-0.1, -0.05) is 6.42 Å². The third-order valence-electron chi connectivity index (χ3n) is 4.63. The van der Waals surface area contributed by atoms with E-state index in [9.17, 15) is 4.79 Å². The van der Waals surface area contributed by atoms with Gasteiger partial charge in [0.2, 0.25) is 5.91 Å². The molecule has 0 aliphatic carbocycles. The average molecular weight is 239 g/mol. The summed E-state index contributed by atoms with van der Waals surface area (Å²) >= 11 is 0. The number of hydrogen-bond donors (Lipinski definition) is 2. The fourth-order valence-corrected chi connectivity index (χ4v) is 3.66. The second-order valence-corrected chi connectivity index (χ2v) is 6.03. The standard InChI is InChI=1S/C13H25N3O/c1-13(2,12(14)17)16-10-5-4-6-11(16)8-9(7-10)15-3/h9-11,15H,4-8H2,1-3H3,(H2,14,17). The number of nitrogens with one attached hydrogen (secondary N) is 1. The molecule has 3 N–H and O–H groups in total. The van der Waals surface area contributed by atoms with Crippen molar-refractivity contribution in [3.8, 4) is 0 Å². The molecule has 4 heteroatoms. The molecule has 2 atom stereocenters. The number of fused-ring (bicyclic) bond motifs is 2. The fraction of sp³-hybridized carbons (Fsp3) is 0.923. The lowest BCUT2D eigenvalue weighted by molar-refractivity contribution is -0.136. The second kappa shape index (κ2) is 4.58. The van der Waals surface area contributed by atoms with E-state index >= 15 is 0 Å². The highest BCUT2D eigenvalue weighted by molar-refractivity contribution is 5.83. The molecule has 2 fully saturated rings. The molecule has 2 unspecified atom stereocenters. The number of primary amides is 1. The van der Waals surface area contributed by atoms with Crippen LogP contribution in [0.25, 0.3) is 0 Å². The molecule has 4 nitrogen and oxygen atoms in total. The minimum Gasteiger partial charge on any atom is -0.368 e. The van der Waals surface area contributed by atoms with Crippen molar-refractivity contribution < 1.29 is 4.79 Å². The molecule has 0 aromatic rings. The Kier molecular flexibility index (Phi) is 3.46. The van der Waals surface area contributed by atoms with Crippen molar-refractivity contribution in [2.24, 2.45) is 5.73 Å². The molecule has 0 radical (unpaired) electrons. The lowest BCUT2D eigenvalue weighted by Crippen LogP contribution is -2.66. The Labute approximate surface area is 104 Å². The number of nitrogens with two attached hydrogens (primary N) is 1. The number of hydrogen-bond acceptors (Lipinski definition) is 3. The lowest BCUT2D eigenvalue weighted by Gasteiger charge is -2.54. The van der Waals surface area contributed by atoms with Gasteiger partial charge in [-0.25, -0.2) is 0 Å². The Morgan fingerprint density at radius 3 is 2.24 bits per heavy atom. The SMILES string of the molecule is CNC1CC2CCCC(C1)N2C(C)(C)C(N)=O. The summed E-state index contributed by atoms with van der Waals surface area (Å²) in [7, 11) is 2.04. The number of carbonyl (C=O) groups excluding carboxylic acids is 1. The van der Waals surface area contributed by atoms with Crippen molar-refractivity contribution >= 4 is 5.91 Å². The van der Waals surface area contributed by atoms with Crippen molar-refractivity contribution in [2.75, 3.05) is 7.05 Å². The molecule has 2 saturated heterocycles. The quantitative estimate of drug-likeness (QED) is 0.768. The molecule has 2 bridgehead atoms. The maximum Gasteiger partial charge on any atom is 0.237 e. The van der Waals surface area contributed by atoms with Crippen LogP contribution in [0.5, 0.6) is 0 Å². The van der Waals surface area contributed by atoms with Crippen molar-refractivity contribution in [1.82, 2.24) is 10.2 Å². The molecule has 0 spiro atoms. The summed E-state index contributed by atoms with van der Waals surface area (Å²) in [5.74, 6) is -0.197. The van der Waals surface area contributed by atoms with Crippen LogP contribution in [0.15, 0.2) is 0 Å². The van der Waals surface area contributed by atoms with Crippen molar-refractivity contribution in [3.05, 3.63) is 0 Å². The molecular formula is C13H25N3O. The van der Waals surface area contributed by atoms with E-state index in [-0.39, 0.29) is 5.91 Å². The molecule has 2 aliphatic heterocycles. The zero-order valence-electron chi connectivity index (χ0n) is 11.2. The van der Waals surface area contributed by atoms with Crippen LogP contribution in [0.4, 0.5) is 0 Å². The summed E-state index contributed by atoms with van der Waals surface area (Å²) in [5, 5.41) is 3.39. The monoisotopic (exact) mass is 239 g/mol. The number of carbonyl (C=O) groups is 1. The van der Waals surface area contributed by atoms with Gasteiger partial charge in [0.25, 0.3) is 0 Å². The van der Waals surface area contributed by atoms with Crippen LogP contribution in [0.1, 0.15) is 46.0 Å². The Balaban J connectivity index is 2.21. The van der Waals surface area contributed by atoms with Crippen LogP contribution in [0.2, 0.25) is 0 Å². The van der Waals surface area contributed by atoms with Crippen LogP contribution in [0.3, 0.4) is 0 Å². The van der Waals surface area contributed by atoms with Gasteiger partial charge in [0.1, 0.15) is 0 Å². The Morgan fingerprint density at radius 2 is 1.82 bits per heavy atom. The van der Waals surface area contributed by atoms with E-state index in [1.54, 1.807) is 0 Å². The summed E-state index contributed by atoms with van der Waals surface area (Å²) in [6, 6.07) is 1.63. The summed E-state index contributed by atoms with van der Waals surface area (Å²) < 4.78 is 0. The second-order valence-electron chi connectivity index (χ2n) is 6.03. The van der Waals surface area contributed by atoms with E-state index in [1.165, 1.54) is 19.3 Å². The fourth-order valence-electron chi connectivity index (χ4n) is 3.66. The van der Waals surface area contributed by atoms with Gasteiger partial charge in [-0.15, -0.1) is 0 Å². The predicted octanol–water partition coefficient (Wildman–Crippen LogP) is 0.855. The first-order valence-corrected chi connectivity index (χ1v) is 6.72. The van der Waals surface area contributed by atoms with E-state index < -0.39 is 5.54 Å². The molecule has 98 valence electrons.